The summed E-state index contributed by atoms with van der Waals surface area (Å²) in [6, 6.07) is 13.5. The van der Waals surface area contributed by atoms with E-state index in [-0.39, 0.29) is 11.7 Å². The van der Waals surface area contributed by atoms with Gasteiger partial charge in [0.25, 0.3) is 5.91 Å². The zero-order valence-corrected chi connectivity index (χ0v) is 18.2. The fourth-order valence-corrected chi connectivity index (χ4v) is 4.61. The zero-order chi connectivity index (χ0) is 21.1. The van der Waals surface area contributed by atoms with Gasteiger partial charge in [-0.15, -0.1) is 0 Å². The molecule has 1 aliphatic heterocycles. The van der Waals surface area contributed by atoms with Crippen molar-refractivity contribution < 1.29 is 9.18 Å². The number of benzene rings is 2. The second-order valence-corrected chi connectivity index (χ2v) is 8.80. The number of hydrogen-bond acceptors (Lipinski definition) is 5. The van der Waals surface area contributed by atoms with Gasteiger partial charge in [0, 0.05) is 35.4 Å². The van der Waals surface area contributed by atoms with Gasteiger partial charge in [0.2, 0.25) is 0 Å². The Hall–Kier alpha value is -2.48. The molecule has 2 heterocycles. The average molecular weight is 458 g/mol. The fourth-order valence-electron chi connectivity index (χ4n) is 3.14. The highest BCUT2D eigenvalue weighted by Gasteiger charge is 2.31. The van der Waals surface area contributed by atoms with Crippen molar-refractivity contribution in [2.24, 2.45) is 0 Å². The number of aromatic nitrogens is 1. The first-order valence-corrected chi connectivity index (χ1v) is 10.9. The summed E-state index contributed by atoms with van der Waals surface area (Å²) in [6.45, 7) is 1.20. The Morgan fingerprint density at radius 1 is 1.20 bits per heavy atom. The van der Waals surface area contributed by atoms with Crippen LogP contribution in [-0.4, -0.2) is 33.2 Å². The molecule has 1 aliphatic rings. The number of fused-ring (bicyclic) bond motifs is 1. The number of carbonyl (C=O) groups is 1. The molecule has 1 aromatic heterocycles. The molecule has 1 saturated heterocycles. The van der Waals surface area contributed by atoms with Crippen molar-refractivity contribution in [3.8, 4) is 0 Å². The molecule has 0 aliphatic carbocycles. The smallest absolute Gasteiger partial charge is 0.266 e. The van der Waals surface area contributed by atoms with Crippen LogP contribution in [0.2, 0.25) is 5.02 Å². The van der Waals surface area contributed by atoms with E-state index in [1.807, 2.05) is 24.3 Å². The van der Waals surface area contributed by atoms with Gasteiger partial charge in [-0.2, -0.15) is 0 Å². The number of halogens is 2. The standard InChI is InChI=1S/C22H17ClFN3OS2/c23-15-4-7-17-18(8-10-26-19(17)13-15)25-9-1-11-27-21(28)20(30-22(27)29)12-14-2-5-16(24)6-3-14/h2-8,10,12-13H,1,9,11H2,(H,25,26)/b20-12-. The van der Waals surface area contributed by atoms with Crippen molar-refractivity contribution >= 4 is 68.5 Å². The lowest BCUT2D eigenvalue weighted by atomic mass is 10.2. The molecule has 1 fully saturated rings. The number of hydrogen-bond donors (Lipinski definition) is 1. The first-order chi connectivity index (χ1) is 14.5. The summed E-state index contributed by atoms with van der Waals surface area (Å²) in [7, 11) is 0. The molecule has 152 valence electrons. The van der Waals surface area contributed by atoms with Crippen LogP contribution in [0.4, 0.5) is 10.1 Å². The number of amides is 1. The Morgan fingerprint density at radius 2 is 2.00 bits per heavy atom. The van der Waals surface area contributed by atoms with E-state index in [0.29, 0.717) is 27.3 Å². The summed E-state index contributed by atoms with van der Waals surface area (Å²) < 4.78 is 13.6. The minimum Gasteiger partial charge on any atom is -0.384 e. The van der Waals surface area contributed by atoms with E-state index in [0.717, 1.165) is 28.6 Å². The second-order valence-electron chi connectivity index (χ2n) is 6.69. The first kappa shape index (κ1) is 20.8. The Morgan fingerprint density at radius 3 is 2.80 bits per heavy atom. The van der Waals surface area contributed by atoms with Crippen molar-refractivity contribution in [1.29, 1.82) is 0 Å². The van der Waals surface area contributed by atoms with Crippen LogP contribution < -0.4 is 5.32 Å². The summed E-state index contributed by atoms with van der Waals surface area (Å²) >= 11 is 12.7. The molecule has 0 unspecified atom stereocenters. The molecule has 30 heavy (non-hydrogen) atoms. The molecule has 0 spiro atoms. The first-order valence-electron chi connectivity index (χ1n) is 9.30. The molecule has 0 saturated carbocycles. The Bertz CT molecular complexity index is 1150. The summed E-state index contributed by atoms with van der Waals surface area (Å²) in [5.41, 5.74) is 2.57. The van der Waals surface area contributed by atoms with Gasteiger partial charge in [0.15, 0.2) is 0 Å². The predicted molar refractivity (Wildman–Crippen MR) is 126 cm³/mol. The maximum atomic E-state index is 13.1. The molecular weight excluding hydrogens is 441 g/mol. The van der Waals surface area contributed by atoms with E-state index >= 15 is 0 Å². The molecule has 1 N–H and O–H groups in total. The largest absolute Gasteiger partial charge is 0.384 e. The molecule has 1 amide bonds. The quantitative estimate of drug-likeness (QED) is 0.291. The molecule has 4 rings (SSSR count). The monoisotopic (exact) mass is 457 g/mol. The number of rotatable bonds is 6. The van der Waals surface area contributed by atoms with Crippen LogP contribution in [0.15, 0.2) is 59.6 Å². The third kappa shape index (κ3) is 4.64. The van der Waals surface area contributed by atoms with Crippen LogP contribution in [0, 0.1) is 5.82 Å². The van der Waals surface area contributed by atoms with Crippen LogP contribution in [0.5, 0.6) is 0 Å². The molecule has 2 aromatic carbocycles. The van der Waals surface area contributed by atoms with Gasteiger partial charge in [-0.05, 0) is 54.5 Å². The number of nitrogens with zero attached hydrogens (tertiary/aromatic N) is 2. The highest BCUT2D eigenvalue weighted by atomic mass is 35.5. The molecule has 0 bridgehead atoms. The number of pyridine rings is 1. The third-order valence-electron chi connectivity index (χ3n) is 4.62. The number of thiocarbonyl (C=S) groups is 1. The minimum atomic E-state index is -0.308. The van der Waals surface area contributed by atoms with E-state index in [1.54, 1.807) is 29.3 Å². The fraction of sp³-hybridized carbons (Fsp3) is 0.136. The van der Waals surface area contributed by atoms with Crippen molar-refractivity contribution in [2.45, 2.75) is 6.42 Å². The Labute approximate surface area is 188 Å². The van der Waals surface area contributed by atoms with E-state index in [1.165, 1.54) is 23.9 Å². The average Bonchev–Trinajstić information content (AvgIpc) is 2.99. The van der Waals surface area contributed by atoms with Crippen molar-refractivity contribution in [1.82, 2.24) is 9.88 Å². The lowest BCUT2D eigenvalue weighted by Gasteiger charge is -2.15. The van der Waals surface area contributed by atoms with E-state index < -0.39 is 0 Å². The van der Waals surface area contributed by atoms with E-state index in [4.69, 9.17) is 23.8 Å². The molecule has 4 nitrogen and oxygen atoms in total. The highest BCUT2D eigenvalue weighted by molar-refractivity contribution is 8.26. The maximum absolute atomic E-state index is 13.1. The topological polar surface area (TPSA) is 45.2 Å². The van der Waals surface area contributed by atoms with E-state index in [9.17, 15) is 9.18 Å². The van der Waals surface area contributed by atoms with Gasteiger partial charge >= 0.3 is 0 Å². The van der Waals surface area contributed by atoms with Gasteiger partial charge in [-0.3, -0.25) is 14.7 Å². The number of nitrogens with one attached hydrogen (secondary N) is 1. The number of thioether (sulfide) groups is 1. The SMILES string of the molecule is O=C1/C(=C/c2ccc(F)cc2)SC(=S)N1CCCNc1ccnc2cc(Cl)ccc12. The van der Waals surface area contributed by atoms with Gasteiger partial charge in [0.05, 0.1) is 10.4 Å². The Balaban J connectivity index is 1.36. The summed E-state index contributed by atoms with van der Waals surface area (Å²) in [4.78, 5) is 19.2. The molecule has 8 heteroatoms. The van der Waals surface area contributed by atoms with Crippen molar-refractivity contribution in [3.05, 3.63) is 76.0 Å². The molecular formula is C22H17ClFN3OS2. The van der Waals surface area contributed by atoms with E-state index in [2.05, 4.69) is 10.3 Å². The van der Waals surface area contributed by atoms with Gasteiger partial charge in [-0.1, -0.05) is 47.7 Å². The third-order valence-corrected chi connectivity index (χ3v) is 6.23. The van der Waals surface area contributed by atoms with Crippen molar-refractivity contribution in [2.75, 3.05) is 18.4 Å². The molecule has 0 atom stereocenters. The Kier molecular flexibility index (Phi) is 6.32. The van der Waals surface area contributed by atoms with Crippen LogP contribution in [-0.2, 0) is 4.79 Å². The summed E-state index contributed by atoms with van der Waals surface area (Å²) in [6.07, 6.45) is 4.21. The summed E-state index contributed by atoms with van der Waals surface area (Å²) in [5, 5.41) is 5.04. The van der Waals surface area contributed by atoms with Gasteiger partial charge < -0.3 is 5.32 Å². The normalized spacial score (nSPS) is 15.4. The lowest BCUT2D eigenvalue weighted by Crippen LogP contribution is -2.30. The van der Waals surface area contributed by atoms with Crippen molar-refractivity contribution in [3.63, 3.8) is 0 Å². The highest BCUT2D eigenvalue weighted by Crippen LogP contribution is 2.32. The van der Waals surface area contributed by atoms with Crippen LogP contribution in [0.1, 0.15) is 12.0 Å². The lowest BCUT2D eigenvalue weighted by molar-refractivity contribution is -0.122. The zero-order valence-electron chi connectivity index (χ0n) is 15.8. The van der Waals surface area contributed by atoms with Gasteiger partial charge in [-0.25, -0.2) is 4.39 Å². The predicted octanol–water partition coefficient (Wildman–Crippen LogP) is 5.73. The van der Waals surface area contributed by atoms with Gasteiger partial charge in [0.1, 0.15) is 10.1 Å². The maximum Gasteiger partial charge on any atom is 0.266 e. The molecule has 3 aromatic rings. The number of carbonyl (C=O) groups excluding carboxylic acids is 1. The van der Waals surface area contributed by atoms with Crippen LogP contribution >= 0.6 is 35.6 Å². The van der Waals surface area contributed by atoms with Crippen LogP contribution in [0.25, 0.3) is 17.0 Å². The minimum absolute atomic E-state index is 0.113. The number of anilines is 1. The molecule has 0 radical (unpaired) electrons. The second kappa shape index (κ2) is 9.12. The summed E-state index contributed by atoms with van der Waals surface area (Å²) in [5.74, 6) is -0.421. The van der Waals surface area contributed by atoms with Crippen LogP contribution in [0.3, 0.4) is 0 Å².